The molecule has 1 unspecified atom stereocenters. The van der Waals surface area contributed by atoms with E-state index in [-0.39, 0.29) is 31.9 Å². The number of ether oxygens (including phenoxy) is 11. The van der Waals surface area contributed by atoms with Crippen molar-refractivity contribution < 1.29 is 56.9 Å². The molecule has 4 aliphatic rings. The fourth-order valence-electron chi connectivity index (χ4n) is 8.22. The third-order valence-corrected chi connectivity index (χ3v) is 12.0. The van der Waals surface area contributed by atoms with Crippen LogP contribution >= 0.6 is 0 Å². The first-order valence-corrected chi connectivity index (χ1v) is 22.2. The average molecular weight is 867 g/mol. The minimum absolute atomic E-state index is 0.0239. The van der Waals surface area contributed by atoms with E-state index in [1.54, 1.807) is 7.11 Å². The molecule has 4 aromatic carbocycles. The van der Waals surface area contributed by atoms with E-state index in [1.807, 2.05) is 149 Å². The first-order chi connectivity index (χ1) is 30.6. The molecule has 12 heteroatoms. The van der Waals surface area contributed by atoms with Crippen molar-refractivity contribution in [1.29, 1.82) is 0 Å². The molecule has 0 bridgehead atoms. The molecule has 63 heavy (non-hydrogen) atoms. The Kier molecular flexibility index (Phi) is 15.4. The Hall–Kier alpha value is -4.05. The number of methoxy groups -OCH3 is 1. The van der Waals surface area contributed by atoms with Crippen LogP contribution in [0.3, 0.4) is 0 Å². The molecule has 12 nitrogen and oxygen atoms in total. The molecule has 0 spiro atoms. The lowest BCUT2D eigenvalue weighted by Gasteiger charge is -2.50. The zero-order valence-corrected chi connectivity index (χ0v) is 36.9. The first-order valence-electron chi connectivity index (χ1n) is 22.2. The molecule has 0 N–H and O–H groups in total. The van der Waals surface area contributed by atoms with E-state index in [2.05, 4.69) is 0 Å². The highest BCUT2D eigenvalue weighted by molar-refractivity contribution is 5.75. The van der Waals surface area contributed by atoms with Gasteiger partial charge in [-0.15, -0.1) is 0 Å². The van der Waals surface area contributed by atoms with Gasteiger partial charge in [0.2, 0.25) is 0 Å². The third kappa shape index (κ3) is 11.8. The van der Waals surface area contributed by atoms with E-state index in [0.717, 1.165) is 35.1 Å². The van der Waals surface area contributed by atoms with Crippen molar-refractivity contribution in [3.05, 3.63) is 144 Å². The van der Waals surface area contributed by atoms with Gasteiger partial charge in [0.15, 0.2) is 25.0 Å². The third-order valence-electron chi connectivity index (χ3n) is 12.0. The van der Waals surface area contributed by atoms with Crippen LogP contribution < -0.4 is 0 Å². The van der Waals surface area contributed by atoms with Crippen molar-refractivity contribution in [2.45, 2.75) is 134 Å². The van der Waals surface area contributed by atoms with Gasteiger partial charge in [-0.1, -0.05) is 121 Å². The van der Waals surface area contributed by atoms with Gasteiger partial charge in [-0.3, -0.25) is 4.79 Å². The second-order valence-corrected chi connectivity index (χ2v) is 17.9. The maximum atomic E-state index is 13.8. The van der Waals surface area contributed by atoms with Crippen LogP contribution in [0.1, 0.15) is 69.1 Å². The zero-order chi connectivity index (χ0) is 43.8. The predicted octanol–water partition coefficient (Wildman–Crippen LogP) is 8.11. The predicted molar refractivity (Wildman–Crippen MR) is 232 cm³/mol. The summed E-state index contributed by atoms with van der Waals surface area (Å²) in [7, 11) is 1.59. The summed E-state index contributed by atoms with van der Waals surface area (Å²) in [5.74, 6) is -0.0240. The molecule has 0 aromatic heterocycles. The van der Waals surface area contributed by atoms with E-state index in [1.165, 1.54) is 0 Å². The van der Waals surface area contributed by atoms with Gasteiger partial charge in [0.1, 0.15) is 42.7 Å². The lowest BCUT2D eigenvalue weighted by atomic mass is 9.94. The molecule has 4 fully saturated rings. The standard InChI is InChI=1S/C51H62O12/c1-33(37-26-27-37)59-46-44(63-50(52)51(2,3)4)42-40(32-57-47(62-42)38-24-16-9-17-25-38)61-49(46)58-31-39-41(54-28-34-18-10-6-11-19-34)43(55-29-35-20-12-7-13-21-35)45(48(53-5)60-39)56-30-36-22-14-8-15-23-36/h6-25,33,37,39-49H,26-32H2,1-5H3/t33?,39-,40-,41-,42-,43+,44+,45+,46-,47-,48+,49+/m1/s1. The smallest absolute Gasteiger partial charge is 0.311 e. The van der Waals surface area contributed by atoms with Crippen molar-refractivity contribution in [2.24, 2.45) is 11.3 Å². The summed E-state index contributed by atoms with van der Waals surface area (Å²) in [6, 6.07) is 39.6. The van der Waals surface area contributed by atoms with Crippen molar-refractivity contribution in [2.75, 3.05) is 20.3 Å². The number of hydrogen-bond donors (Lipinski definition) is 0. The molecule has 3 aliphatic heterocycles. The van der Waals surface area contributed by atoms with E-state index in [0.29, 0.717) is 19.1 Å². The molecule has 12 atom stereocenters. The van der Waals surface area contributed by atoms with Crippen LogP contribution in [0.15, 0.2) is 121 Å². The van der Waals surface area contributed by atoms with Crippen LogP contribution in [0, 0.1) is 11.3 Å². The van der Waals surface area contributed by atoms with Crippen molar-refractivity contribution in [3.63, 3.8) is 0 Å². The van der Waals surface area contributed by atoms with E-state index >= 15 is 0 Å². The number of benzene rings is 4. The van der Waals surface area contributed by atoms with Gasteiger partial charge in [0, 0.05) is 12.7 Å². The molecule has 3 saturated heterocycles. The topological polar surface area (TPSA) is 119 Å². The quantitative estimate of drug-likeness (QED) is 0.0900. The summed E-state index contributed by atoms with van der Waals surface area (Å²) in [5, 5.41) is 0. The monoisotopic (exact) mass is 866 g/mol. The molecule has 4 aromatic rings. The maximum Gasteiger partial charge on any atom is 0.311 e. The molecular formula is C51H62O12. The summed E-state index contributed by atoms with van der Waals surface area (Å²) in [6.45, 7) is 8.55. The molecule has 3 heterocycles. The summed E-state index contributed by atoms with van der Waals surface area (Å²) in [6.07, 6.45) is -6.54. The number of esters is 1. The minimum atomic E-state index is -1.01. The highest BCUT2D eigenvalue weighted by Crippen LogP contribution is 2.41. The average Bonchev–Trinajstić information content (AvgIpc) is 4.17. The van der Waals surface area contributed by atoms with Gasteiger partial charge >= 0.3 is 5.97 Å². The van der Waals surface area contributed by atoms with Gasteiger partial charge in [-0.2, -0.15) is 0 Å². The maximum absolute atomic E-state index is 13.8. The number of rotatable bonds is 18. The van der Waals surface area contributed by atoms with Crippen LogP contribution in [-0.4, -0.2) is 93.8 Å². The lowest BCUT2D eigenvalue weighted by molar-refractivity contribution is -0.378. The molecule has 0 amide bonds. The second kappa shape index (κ2) is 21.3. The van der Waals surface area contributed by atoms with Crippen LogP contribution in [0.5, 0.6) is 0 Å². The highest BCUT2D eigenvalue weighted by Gasteiger charge is 2.56. The van der Waals surface area contributed by atoms with Gasteiger partial charge in [-0.05, 0) is 63.1 Å². The van der Waals surface area contributed by atoms with Crippen molar-refractivity contribution >= 4 is 5.97 Å². The molecule has 0 radical (unpaired) electrons. The normalized spacial score (nSPS) is 30.3. The zero-order valence-electron chi connectivity index (χ0n) is 36.9. The largest absolute Gasteiger partial charge is 0.456 e. The van der Waals surface area contributed by atoms with E-state index < -0.39 is 73.1 Å². The molecule has 1 saturated carbocycles. The van der Waals surface area contributed by atoms with Crippen molar-refractivity contribution in [3.8, 4) is 0 Å². The Balaban J connectivity index is 1.09. The summed E-state index contributed by atoms with van der Waals surface area (Å²) >= 11 is 0. The summed E-state index contributed by atoms with van der Waals surface area (Å²) in [5.41, 5.74) is 3.01. The van der Waals surface area contributed by atoms with Crippen molar-refractivity contribution in [1.82, 2.24) is 0 Å². The van der Waals surface area contributed by atoms with Gasteiger partial charge in [0.25, 0.3) is 0 Å². The molecule has 8 rings (SSSR count). The van der Waals surface area contributed by atoms with E-state index in [9.17, 15) is 4.79 Å². The van der Waals surface area contributed by atoms with Crippen LogP contribution in [0.25, 0.3) is 0 Å². The number of hydrogen-bond acceptors (Lipinski definition) is 12. The highest BCUT2D eigenvalue weighted by atomic mass is 16.8. The molecule has 338 valence electrons. The Labute approximate surface area is 371 Å². The van der Waals surface area contributed by atoms with Gasteiger partial charge in [0.05, 0.1) is 44.6 Å². The number of carbonyl (C=O) groups is 1. The van der Waals surface area contributed by atoms with Gasteiger partial charge in [-0.25, -0.2) is 0 Å². The SMILES string of the molecule is CO[C@H]1O[C@H](CO[C@H]2O[C@@H]3CO[C@@H](c4ccccc4)O[C@H]3[C@H](OC(=O)C(C)(C)C)[C@H]2OC(C)C2CC2)[C@@H](OCc2ccccc2)[C@H](OCc2ccccc2)[C@@H]1OCc1ccccc1. The lowest BCUT2D eigenvalue weighted by Crippen LogP contribution is -2.65. The second-order valence-electron chi connectivity index (χ2n) is 17.9. The number of fused-ring (bicyclic) bond motifs is 1. The van der Waals surface area contributed by atoms with Crippen LogP contribution in [0.4, 0.5) is 0 Å². The van der Waals surface area contributed by atoms with Gasteiger partial charge < -0.3 is 52.1 Å². The Bertz CT molecular complexity index is 1980. The Morgan fingerprint density at radius 1 is 0.635 bits per heavy atom. The first kappa shape index (κ1) is 45.5. The fraction of sp³-hybridized carbons (Fsp3) is 0.510. The fourth-order valence-corrected chi connectivity index (χ4v) is 8.22. The summed E-state index contributed by atoms with van der Waals surface area (Å²) < 4.78 is 72.9. The number of carbonyl (C=O) groups excluding carboxylic acids is 1. The molecule has 1 aliphatic carbocycles. The van der Waals surface area contributed by atoms with Crippen LogP contribution in [0.2, 0.25) is 0 Å². The molecular weight excluding hydrogens is 805 g/mol. The van der Waals surface area contributed by atoms with Crippen LogP contribution in [-0.2, 0) is 76.7 Å². The summed E-state index contributed by atoms with van der Waals surface area (Å²) in [4.78, 5) is 13.8. The Morgan fingerprint density at radius 3 is 1.71 bits per heavy atom. The minimum Gasteiger partial charge on any atom is -0.456 e. The van der Waals surface area contributed by atoms with E-state index in [4.69, 9.17) is 52.1 Å². The Morgan fingerprint density at radius 2 is 1.17 bits per heavy atom.